The third-order valence-electron chi connectivity index (χ3n) is 1.89. The lowest BCUT2D eigenvalue weighted by Gasteiger charge is -2.09. The second-order valence-electron chi connectivity index (χ2n) is 3.25. The van der Waals surface area contributed by atoms with Gasteiger partial charge in [0.1, 0.15) is 0 Å². The molecule has 0 aliphatic carbocycles. The Morgan fingerprint density at radius 3 is 2.80 bits per heavy atom. The van der Waals surface area contributed by atoms with Crippen LogP contribution in [0.15, 0.2) is 18.2 Å². The Balaban J connectivity index is 2.83. The largest absolute Gasteiger partial charge is 0.392 e. The summed E-state index contributed by atoms with van der Waals surface area (Å²) >= 11 is 5.89. The summed E-state index contributed by atoms with van der Waals surface area (Å²) < 4.78 is 0. The number of hydrogen-bond donors (Lipinski definition) is 3. The molecule has 0 fully saturated rings. The minimum Gasteiger partial charge on any atom is -0.392 e. The fraction of sp³-hybridized carbons (Fsp3) is 0.300. The van der Waals surface area contributed by atoms with Crippen LogP contribution in [0.2, 0.25) is 5.02 Å². The highest BCUT2D eigenvalue weighted by molar-refractivity contribution is 6.33. The van der Waals surface area contributed by atoms with Crippen molar-refractivity contribution < 1.29 is 9.90 Å². The van der Waals surface area contributed by atoms with Crippen molar-refractivity contribution in [2.24, 2.45) is 5.73 Å². The summed E-state index contributed by atoms with van der Waals surface area (Å²) in [7, 11) is 0. The van der Waals surface area contributed by atoms with E-state index < -0.39 is 6.04 Å². The molecule has 5 heteroatoms. The third kappa shape index (κ3) is 3.20. The van der Waals surface area contributed by atoms with Crippen molar-refractivity contribution in [3.63, 3.8) is 0 Å². The average Bonchev–Trinajstić information content (AvgIpc) is 2.20. The molecule has 0 aliphatic rings. The standard InChI is InChI=1S/C10H13ClN2O2/c1-6(12)10(15)13-9-3-2-7(5-14)4-8(9)11/h2-4,6,14H,5,12H2,1H3,(H,13,15)/t6-/m0/s1. The minimum absolute atomic E-state index is 0.0821. The van der Waals surface area contributed by atoms with Crippen LogP contribution in [0.4, 0.5) is 5.69 Å². The molecule has 0 heterocycles. The van der Waals surface area contributed by atoms with Crippen molar-refractivity contribution in [1.82, 2.24) is 0 Å². The molecule has 82 valence electrons. The summed E-state index contributed by atoms with van der Waals surface area (Å²) in [6, 6.07) is 4.33. The van der Waals surface area contributed by atoms with Crippen molar-refractivity contribution in [1.29, 1.82) is 0 Å². The number of nitrogens with two attached hydrogens (primary N) is 1. The fourth-order valence-electron chi connectivity index (χ4n) is 1.00. The molecule has 0 aliphatic heterocycles. The predicted molar refractivity (Wildman–Crippen MR) is 59.7 cm³/mol. The van der Waals surface area contributed by atoms with E-state index in [0.717, 1.165) is 0 Å². The van der Waals surface area contributed by atoms with Crippen molar-refractivity contribution in [3.8, 4) is 0 Å². The smallest absolute Gasteiger partial charge is 0.241 e. The van der Waals surface area contributed by atoms with E-state index in [4.69, 9.17) is 22.4 Å². The normalized spacial score (nSPS) is 12.3. The molecule has 1 aromatic rings. The van der Waals surface area contributed by atoms with Crippen LogP contribution < -0.4 is 11.1 Å². The van der Waals surface area contributed by atoms with Crippen LogP contribution in [0.5, 0.6) is 0 Å². The van der Waals surface area contributed by atoms with Crippen LogP contribution >= 0.6 is 11.6 Å². The van der Waals surface area contributed by atoms with Gasteiger partial charge in [0.2, 0.25) is 5.91 Å². The second-order valence-corrected chi connectivity index (χ2v) is 3.66. The fourth-order valence-corrected chi connectivity index (χ4v) is 1.26. The zero-order chi connectivity index (χ0) is 11.4. The molecular formula is C10H13ClN2O2. The van der Waals surface area contributed by atoms with Crippen molar-refractivity contribution in [3.05, 3.63) is 28.8 Å². The first kappa shape index (κ1) is 12.0. The maximum Gasteiger partial charge on any atom is 0.241 e. The lowest BCUT2D eigenvalue weighted by molar-refractivity contribution is -0.117. The topological polar surface area (TPSA) is 75.4 Å². The van der Waals surface area contributed by atoms with Gasteiger partial charge in [0.25, 0.3) is 0 Å². The van der Waals surface area contributed by atoms with Gasteiger partial charge >= 0.3 is 0 Å². The molecule has 0 saturated carbocycles. The number of aliphatic hydroxyl groups is 1. The van der Waals surface area contributed by atoms with Crippen LogP contribution in [0.25, 0.3) is 0 Å². The monoisotopic (exact) mass is 228 g/mol. The maximum atomic E-state index is 11.3. The number of hydrogen-bond acceptors (Lipinski definition) is 3. The van der Waals surface area contributed by atoms with E-state index in [1.165, 1.54) is 0 Å². The first-order valence-electron chi connectivity index (χ1n) is 4.50. The van der Waals surface area contributed by atoms with Crippen LogP contribution in [0.3, 0.4) is 0 Å². The van der Waals surface area contributed by atoms with Gasteiger partial charge in [0.05, 0.1) is 23.4 Å². The minimum atomic E-state index is -0.585. The van der Waals surface area contributed by atoms with E-state index in [1.807, 2.05) is 0 Å². The summed E-state index contributed by atoms with van der Waals surface area (Å²) in [5, 5.41) is 11.8. The zero-order valence-corrected chi connectivity index (χ0v) is 9.08. The third-order valence-corrected chi connectivity index (χ3v) is 2.20. The lowest BCUT2D eigenvalue weighted by atomic mass is 10.2. The van der Waals surface area contributed by atoms with Crippen LogP contribution in [0, 0.1) is 0 Å². The molecular weight excluding hydrogens is 216 g/mol. The summed E-state index contributed by atoms with van der Waals surface area (Å²) in [5.41, 5.74) is 6.58. The average molecular weight is 229 g/mol. The molecule has 1 atom stereocenters. The highest BCUT2D eigenvalue weighted by Crippen LogP contribution is 2.23. The van der Waals surface area contributed by atoms with Gasteiger partial charge in [-0.05, 0) is 24.6 Å². The van der Waals surface area contributed by atoms with Crippen molar-refractivity contribution >= 4 is 23.2 Å². The van der Waals surface area contributed by atoms with Crippen LogP contribution in [0.1, 0.15) is 12.5 Å². The van der Waals surface area contributed by atoms with Gasteiger partial charge in [0.15, 0.2) is 0 Å². The molecule has 15 heavy (non-hydrogen) atoms. The Morgan fingerprint density at radius 2 is 2.33 bits per heavy atom. The first-order chi connectivity index (χ1) is 7.04. The molecule has 0 spiro atoms. The quantitative estimate of drug-likeness (QED) is 0.726. The second kappa shape index (κ2) is 5.11. The number of rotatable bonds is 3. The molecule has 4 N–H and O–H groups in total. The summed E-state index contributed by atoms with van der Waals surface area (Å²) in [6.07, 6.45) is 0. The predicted octanol–water partition coefficient (Wildman–Crippen LogP) is 1.12. The van der Waals surface area contributed by atoms with Gasteiger partial charge in [-0.3, -0.25) is 4.79 Å². The van der Waals surface area contributed by atoms with E-state index in [2.05, 4.69) is 5.32 Å². The Kier molecular flexibility index (Phi) is 4.08. The van der Waals surface area contributed by atoms with E-state index in [0.29, 0.717) is 16.3 Å². The van der Waals surface area contributed by atoms with Crippen LogP contribution in [-0.2, 0) is 11.4 Å². The van der Waals surface area contributed by atoms with Crippen molar-refractivity contribution in [2.45, 2.75) is 19.6 Å². The molecule has 0 radical (unpaired) electrons. The van der Waals surface area contributed by atoms with E-state index in [9.17, 15) is 4.79 Å². The highest BCUT2D eigenvalue weighted by Gasteiger charge is 2.09. The molecule has 0 aromatic heterocycles. The van der Waals surface area contributed by atoms with E-state index in [1.54, 1.807) is 25.1 Å². The first-order valence-corrected chi connectivity index (χ1v) is 4.88. The summed E-state index contributed by atoms with van der Waals surface area (Å²) in [6.45, 7) is 1.51. The highest BCUT2D eigenvalue weighted by atomic mass is 35.5. The lowest BCUT2D eigenvalue weighted by Crippen LogP contribution is -2.32. The molecule has 4 nitrogen and oxygen atoms in total. The molecule has 1 aromatic carbocycles. The number of anilines is 1. The van der Waals surface area contributed by atoms with Gasteiger partial charge < -0.3 is 16.2 Å². The van der Waals surface area contributed by atoms with Gasteiger partial charge in [-0.2, -0.15) is 0 Å². The molecule has 0 bridgehead atoms. The molecule has 0 saturated heterocycles. The van der Waals surface area contributed by atoms with Gasteiger partial charge in [0, 0.05) is 0 Å². The van der Waals surface area contributed by atoms with Gasteiger partial charge in [-0.1, -0.05) is 17.7 Å². The Labute approximate surface area is 93.0 Å². The maximum absolute atomic E-state index is 11.3. The summed E-state index contributed by atoms with van der Waals surface area (Å²) in [4.78, 5) is 11.3. The Hall–Kier alpha value is -1.10. The van der Waals surface area contributed by atoms with Crippen molar-refractivity contribution in [2.75, 3.05) is 5.32 Å². The number of carbonyl (C=O) groups excluding carboxylic acids is 1. The number of nitrogens with one attached hydrogen (secondary N) is 1. The number of halogens is 1. The molecule has 1 rings (SSSR count). The number of benzene rings is 1. The summed E-state index contributed by atoms with van der Waals surface area (Å²) in [5.74, 6) is -0.298. The van der Waals surface area contributed by atoms with Crippen LogP contribution in [-0.4, -0.2) is 17.1 Å². The number of amides is 1. The van der Waals surface area contributed by atoms with Gasteiger partial charge in [-0.25, -0.2) is 0 Å². The molecule has 1 amide bonds. The number of carbonyl (C=O) groups is 1. The number of aliphatic hydroxyl groups excluding tert-OH is 1. The van der Waals surface area contributed by atoms with Gasteiger partial charge in [-0.15, -0.1) is 0 Å². The Morgan fingerprint density at radius 1 is 1.67 bits per heavy atom. The zero-order valence-electron chi connectivity index (χ0n) is 8.33. The SMILES string of the molecule is C[C@H](N)C(=O)Nc1ccc(CO)cc1Cl. The van der Waals surface area contributed by atoms with E-state index >= 15 is 0 Å². The van der Waals surface area contributed by atoms with E-state index in [-0.39, 0.29) is 12.5 Å². The Bertz CT molecular complexity index is 366. The molecule has 0 unspecified atom stereocenters.